The Morgan fingerprint density at radius 2 is 1.96 bits per heavy atom. The van der Waals surface area contributed by atoms with E-state index < -0.39 is 4.92 Å². The van der Waals surface area contributed by atoms with Gasteiger partial charge >= 0.3 is 0 Å². The van der Waals surface area contributed by atoms with Crippen LogP contribution in [0.1, 0.15) is 16.7 Å². The molecule has 0 saturated carbocycles. The van der Waals surface area contributed by atoms with E-state index >= 15 is 0 Å². The number of ether oxygens (including phenoxy) is 3. The molecule has 0 bridgehead atoms. The highest BCUT2D eigenvalue weighted by Gasteiger charge is 2.32. The van der Waals surface area contributed by atoms with Gasteiger partial charge in [0.1, 0.15) is 5.75 Å². The van der Waals surface area contributed by atoms with Crippen LogP contribution in [0.5, 0.6) is 17.2 Å². The Balaban J connectivity index is 2.15. The summed E-state index contributed by atoms with van der Waals surface area (Å²) in [5.74, 6) is 1.79. The van der Waals surface area contributed by atoms with Crippen LogP contribution in [-0.2, 0) is 6.42 Å². The first kappa shape index (κ1) is 15.9. The predicted molar refractivity (Wildman–Crippen MR) is 89.0 cm³/mol. The van der Waals surface area contributed by atoms with Crippen molar-refractivity contribution in [1.29, 1.82) is 0 Å². The van der Waals surface area contributed by atoms with E-state index in [0.717, 1.165) is 5.56 Å². The number of nitrogens with zero attached hydrogens (tertiary/aromatic N) is 1. The fourth-order valence-corrected chi connectivity index (χ4v) is 2.73. The summed E-state index contributed by atoms with van der Waals surface area (Å²) in [6.07, 6.45) is 0.138. The summed E-state index contributed by atoms with van der Waals surface area (Å²) in [4.78, 5) is 11.2. The number of fused-ring (bicyclic) bond motifs is 1. The maximum atomic E-state index is 11.5. The Labute approximate surface area is 139 Å². The average Bonchev–Trinajstić information content (AvgIpc) is 2.59. The summed E-state index contributed by atoms with van der Waals surface area (Å²) in [5.41, 5.74) is 2.35. The van der Waals surface area contributed by atoms with Gasteiger partial charge in [0, 0.05) is 17.2 Å². The molecular weight excluding hydrogens is 310 g/mol. The molecule has 24 heavy (non-hydrogen) atoms. The third-order valence-corrected chi connectivity index (χ3v) is 3.89. The Morgan fingerprint density at radius 3 is 2.58 bits per heavy atom. The molecule has 0 aliphatic carbocycles. The van der Waals surface area contributed by atoms with Gasteiger partial charge < -0.3 is 14.2 Å². The molecule has 0 aromatic heterocycles. The molecule has 0 atom stereocenters. The SMILES string of the molecule is COc1cc2c(c(OC)c1)OC(c1cccc(C)c1)=C([N+](=O)[O-])C2. The standard InChI is InChI=1S/C18H17NO5/c1-11-5-4-6-12(7-11)17-15(19(20)21)9-13-8-14(22-2)10-16(23-3)18(13)24-17/h4-8,10H,9H2,1-3H3. The van der Waals surface area contributed by atoms with Crippen LogP contribution in [0.25, 0.3) is 5.76 Å². The van der Waals surface area contributed by atoms with E-state index in [1.54, 1.807) is 18.2 Å². The van der Waals surface area contributed by atoms with Gasteiger partial charge in [-0.1, -0.05) is 23.8 Å². The van der Waals surface area contributed by atoms with Crippen molar-refractivity contribution in [2.45, 2.75) is 13.3 Å². The number of allylic oxidation sites excluding steroid dienone is 1. The molecule has 0 spiro atoms. The Hall–Kier alpha value is -3.02. The molecule has 6 nitrogen and oxygen atoms in total. The van der Waals surface area contributed by atoms with E-state index in [1.807, 2.05) is 25.1 Å². The highest BCUT2D eigenvalue weighted by Crippen LogP contribution is 2.43. The maximum absolute atomic E-state index is 11.5. The second-order valence-corrected chi connectivity index (χ2v) is 5.50. The van der Waals surface area contributed by atoms with Gasteiger partial charge in [-0.15, -0.1) is 0 Å². The van der Waals surface area contributed by atoms with Crippen LogP contribution < -0.4 is 14.2 Å². The van der Waals surface area contributed by atoms with Crippen molar-refractivity contribution in [3.8, 4) is 17.2 Å². The molecule has 1 aliphatic heterocycles. The van der Waals surface area contributed by atoms with Crippen molar-refractivity contribution in [2.75, 3.05) is 14.2 Å². The number of benzene rings is 2. The van der Waals surface area contributed by atoms with Gasteiger partial charge in [0.15, 0.2) is 11.5 Å². The van der Waals surface area contributed by atoms with Gasteiger partial charge in [-0.05, 0) is 19.1 Å². The average molecular weight is 327 g/mol. The number of aryl methyl sites for hydroxylation is 1. The Morgan fingerprint density at radius 1 is 1.17 bits per heavy atom. The third-order valence-electron chi connectivity index (χ3n) is 3.89. The summed E-state index contributed by atoms with van der Waals surface area (Å²) in [6, 6.07) is 10.9. The number of hydrogen-bond donors (Lipinski definition) is 0. The summed E-state index contributed by atoms with van der Waals surface area (Å²) in [7, 11) is 3.06. The molecule has 1 heterocycles. The van der Waals surface area contributed by atoms with Crippen LogP contribution in [0.4, 0.5) is 0 Å². The van der Waals surface area contributed by atoms with Crippen LogP contribution in [0.2, 0.25) is 0 Å². The normalized spacial score (nSPS) is 13.1. The smallest absolute Gasteiger partial charge is 0.293 e. The highest BCUT2D eigenvalue weighted by atomic mass is 16.6. The van der Waals surface area contributed by atoms with Gasteiger partial charge in [0.2, 0.25) is 5.76 Å². The predicted octanol–water partition coefficient (Wildman–Crippen LogP) is 3.59. The zero-order valence-electron chi connectivity index (χ0n) is 13.7. The zero-order chi connectivity index (χ0) is 17.3. The van der Waals surface area contributed by atoms with Crippen molar-refractivity contribution in [3.63, 3.8) is 0 Å². The molecule has 0 fully saturated rings. The van der Waals surface area contributed by atoms with E-state index in [9.17, 15) is 10.1 Å². The van der Waals surface area contributed by atoms with E-state index in [1.165, 1.54) is 14.2 Å². The highest BCUT2D eigenvalue weighted by molar-refractivity contribution is 5.70. The minimum absolute atomic E-state index is 0.0170. The molecule has 0 amide bonds. The third kappa shape index (κ3) is 2.78. The van der Waals surface area contributed by atoms with Crippen LogP contribution in [0.15, 0.2) is 42.1 Å². The number of rotatable bonds is 4. The van der Waals surface area contributed by atoms with Gasteiger partial charge in [-0.3, -0.25) is 10.1 Å². The van der Waals surface area contributed by atoms with E-state index in [4.69, 9.17) is 14.2 Å². The molecule has 0 unspecified atom stereocenters. The second-order valence-electron chi connectivity index (χ2n) is 5.50. The summed E-state index contributed by atoms with van der Waals surface area (Å²) in [5, 5.41) is 11.5. The van der Waals surface area contributed by atoms with Crippen LogP contribution in [-0.4, -0.2) is 19.1 Å². The number of methoxy groups -OCH3 is 2. The molecule has 1 aliphatic rings. The quantitative estimate of drug-likeness (QED) is 0.634. The van der Waals surface area contributed by atoms with Crippen LogP contribution in [0.3, 0.4) is 0 Å². The van der Waals surface area contributed by atoms with Crippen LogP contribution in [0, 0.1) is 17.0 Å². The van der Waals surface area contributed by atoms with Crippen molar-refractivity contribution >= 4 is 5.76 Å². The van der Waals surface area contributed by atoms with Gasteiger partial charge in [-0.2, -0.15) is 0 Å². The first-order valence-electron chi connectivity index (χ1n) is 7.40. The van der Waals surface area contributed by atoms with Gasteiger partial charge in [-0.25, -0.2) is 0 Å². The second kappa shape index (κ2) is 6.23. The molecule has 0 radical (unpaired) electrons. The summed E-state index contributed by atoms with van der Waals surface area (Å²) in [6.45, 7) is 1.93. The lowest BCUT2D eigenvalue weighted by Gasteiger charge is -2.22. The van der Waals surface area contributed by atoms with Crippen molar-refractivity contribution in [3.05, 3.63) is 68.9 Å². The molecule has 3 rings (SSSR count). The number of nitro groups is 1. The molecule has 0 saturated heterocycles. The Kier molecular flexibility index (Phi) is 4.12. The largest absolute Gasteiger partial charge is 0.497 e. The Bertz CT molecular complexity index is 841. The minimum Gasteiger partial charge on any atom is -0.497 e. The molecular formula is C18H17NO5. The van der Waals surface area contributed by atoms with E-state index in [0.29, 0.717) is 28.4 Å². The molecule has 2 aromatic carbocycles. The fraction of sp³-hybridized carbons (Fsp3) is 0.222. The first-order valence-corrected chi connectivity index (χ1v) is 7.40. The lowest BCUT2D eigenvalue weighted by molar-refractivity contribution is -0.427. The molecule has 2 aromatic rings. The topological polar surface area (TPSA) is 70.8 Å². The van der Waals surface area contributed by atoms with Crippen LogP contribution >= 0.6 is 0 Å². The number of hydrogen-bond acceptors (Lipinski definition) is 5. The first-order chi connectivity index (χ1) is 11.5. The van der Waals surface area contributed by atoms with E-state index in [-0.39, 0.29) is 17.9 Å². The molecule has 6 heteroatoms. The minimum atomic E-state index is -0.396. The van der Waals surface area contributed by atoms with Gasteiger partial charge in [0.05, 0.1) is 25.6 Å². The lowest BCUT2D eigenvalue weighted by atomic mass is 10.0. The lowest BCUT2D eigenvalue weighted by Crippen LogP contribution is -2.16. The van der Waals surface area contributed by atoms with Crippen molar-refractivity contribution in [2.24, 2.45) is 0 Å². The van der Waals surface area contributed by atoms with Crippen molar-refractivity contribution in [1.82, 2.24) is 0 Å². The summed E-state index contributed by atoms with van der Waals surface area (Å²) >= 11 is 0. The molecule has 0 N–H and O–H groups in total. The molecule has 124 valence electrons. The summed E-state index contributed by atoms with van der Waals surface area (Å²) < 4.78 is 16.5. The maximum Gasteiger partial charge on any atom is 0.293 e. The fourth-order valence-electron chi connectivity index (χ4n) is 2.73. The van der Waals surface area contributed by atoms with Gasteiger partial charge in [0.25, 0.3) is 5.70 Å². The monoisotopic (exact) mass is 327 g/mol. The zero-order valence-corrected chi connectivity index (χ0v) is 13.7. The van der Waals surface area contributed by atoms with E-state index in [2.05, 4.69) is 0 Å². The van der Waals surface area contributed by atoms with Crippen molar-refractivity contribution < 1.29 is 19.1 Å².